The van der Waals surface area contributed by atoms with E-state index in [1.54, 1.807) is 6.07 Å². The summed E-state index contributed by atoms with van der Waals surface area (Å²) in [4.78, 5) is 11.2. The molecule has 0 unspecified atom stereocenters. The zero-order valence-corrected chi connectivity index (χ0v) is 8.42. The van der Waals surface area contributed by atoms with Crippen LogP contribution >= 0.6 is 0 Å². The molecule has 1 rings (SSSR count). The Kier molecular flexibility index (Phi) is 4.54. The summed E-state index contributed by atoms with van der Waals surface area (Å²) in [5.74, 6) is -0.177. The first-order valence-corrected chi connectivity index (χ1v) is 4.64. The molecule has 0 aliphatic carbocycles. The summed E-state index contributed by atoms with van der Waals surface area (Å²) >= 11 is 0. The van der Waals surface area contributed by atoms with E-state index in [0.717, 1.165) is 0 Å². The van der Waals surface area contributed by atoms with Gasteiger partial charge in [-0.15, -0.1) is 0 Å². The molecule has 0 saturated carbocycles. The van der Waals surface area contributed by atoms with Crippen molar-refractivity contribution in [3.63, 3.8) is 0 Å². The van der Waals surface area contributed by atoms with Gasteiger partial charge in [0.05, 0.1) is 19.1 Å². The van der Waals surface area contributed by atoms with Gasteiger partial charge in [0, 0.05) is 12.8 Å². The largest absolute Gasteiger partial charge is 0.472 e. The summed E-state index contributed by atoms with van der Waals surface area (Å²) in [6, 6.07) is 1.63. The molecule has 1 heterocycles. The van der Waals surface area contributed by atoms with Crippen molar-refractivity contribution < 1.29 is 27.1 Å². The molecule has 0 spiro atoms. The highest BCUT2D eigenvalue weighted by Gasteiger charge is 2.27. The molecule has 1 aromatic heterocycles. The Morgan fingerprint density at radius 3 is 2.75 bits per heavy atom. The SMILES string of the molecule is O=C(CCOCC(F)(F)F)Cc1ccoc1. The molecule has 3 nitrogen and oxygen atoms in total. The highest BCUT2D eigenvalue weighted by atomic mass is 19.4. The zero-order chi connectivity index (χ0) is 12.0. The maximum absolute atomic E-state index is 11.7. The van der Waals surface area contributed by atoms with Crippen molar-refractivity contribution in [3.8, 4) is 0 Å². The quantitative estimate of drug-likeness (QED) is 0.712. The van der Waals surface area contributed by atoms with E-state index in [0.29, 0.717) is 5.56 Å². The van der Waals surface area contributed by atoms with Crippen LogP contribution in [0.4, 0.5) is 13.2 Å². The number of hydrogen-bond acceptors (Lipinski definition) is 3. The molecule has 0 fully saturated rings. The van der Waals surface area contributed by atoms with Crippen molar-refractivity contribution in [2.75, 3.05) is 13.2 Å². The number of Topliss-reactive ketones (excluding diaryl/α,β-unsaturated/α-hetero) is 1. The molecule has 0 radical (unpaired) electrons. The number of hydrogen-bond donors (Lipinski definition) is 0. The molecular weight excluding hydrogens is 225 g/mol. The van der Waals surface area contributed by atoms with E-state index in [-0.39, 0.29) is 25.2 Å². The minimum absolute atomic E-state index is 0.0265. The number of ketones is 1. The van der Waals surface area contributed by atoms with E-state index in [1.165, 1.54) is 12.5 Å². The predicted molar refractivity (Wildman–Crippen MR) is 48.9 cm³/mol. The number of carbonyl (C=O) groups is 1. The number of alkyl halides is 3. The van der Waals surface area contributed by atoms with Crippen LogP contribution in [0.3, 0.4) is 0 Å². The third-order valence-corrected chi connectivity index (χ3v) is 1.77. The van der Waals surface area contributed by atoms with Crippen LogP contribution in [-0.2, 0) is 16.0 Å². The van der Waals surface area contributed by atoms with Gasteiger partial charge in [0.15, 0.2) is 0 Å². The van der Waals surface area contributed by atoms with Crippen molar-refractivity contribution >= 4 is 5.78 Å². The molecule has 6 heteroatoms. The third kappa shape index (κ3) is 5.55. The van der Waals surface area contributed by atoms with Gasteiger partial charge in [-0.3, -0.25) is 4.79 Å². The minimum atomic E-state index is -4.34. The second kappa shape index (κ2) is 5.69. The van der Waals surface area contributed by atoms with Crippen LogP contribution in [0.25, 0.3) is 0 Å². The number of rotatable bonds is 6. The Morgan fingerprint density at radius 1 is 1.44 bits per heavy atom. The van der Waals surface area contributed by atoms with Crippen molar-refractivity contribution in [2.24, 2.45) is 0 Å². The van der Waals surface area contributed by atoms with Gasteiger partial charge >= 0.3 is 6.18 Å². The zero-order valence-electron chi connectivity index (χ0n) is 8.42. The molecule has 0 aliphatic heterocycles. The fourth-order valence-corrected chi connectivity index (χ4v) is 1.08. The van der Waals surface area contributed by atoms with Crippen LogP contribution in [0.5, 0.6) is 0 Å². The Bertz CT molecular complexity index is 317. The third-order valence-electron chi connectivity index (χ3n) is 1.77. The molecule has 16 heavy (non-hydrogen) atoms. The van der Waals surface area contributed by atoms with Crippen molar-refractivity contribution in [2.45, 2.75) is 19.0 Å². The first-order valence-electron chi connectivity index (χ1n) is 4.64. The maximum atomic E-state index is 11.7. The Balaban J connectivity index is 2.12. The summed E-state index contributed by atoms with van der Waals surface area (Å²) in [7, 11) is 0. The van der Waals surface area contributed by atoms with Crippen LogP contribution in [0.2, 0.25) is 0 Å². The molecule has 0 N–H and O–H groups in total. The average Bonchev–Trinajstić information content (AvgIpc) is 2.63. The molecule has 90 valence electrons. The number of furan rings is 1. The van der Waals surface area contributed by atoms with Crippen LogP contribution in [0.1, 0.15) is 12.0 Å². The van der Waals surface area contributed by atoms with Gasteiger partial charge in [0.2, 0.25) is 0 Å². The van der Waals surface area contributed by atoms with Crippen LogP contribution in [0, 0.1) is 0 Å². The molecule has 0 saturated heterocycles. The lowest BCUT2D eigenvalue weighted by atomic mass is 10.1. The van der Waals surface area contributed by atoms with Crippen molar-refractivity contribution in [1.29, 1.82) is 0 Å². The van der Waals surface area contributed by atoms with Gasteiger partial charge in [0.1, 0.15) is 12.4 Å². The first-order chi connectivity index (χ1) is 7.47. The molecule has 0 bridgehead atoms. The molecule has 0 atom stereocenters. The lowest BCUT2D eigenvalue weighted by molar-refractivity contribution is -0.174. The molecule has 0 aromatic carbocycles. The number of carbonyl (C=O) groups excluding carboxylic acids is 1. The van der Waals surface area contributed by atoms with Gasteiger partial charge in [-0.25, -0.2) is 0 Å². The summed E-state index contributed by atoms with van der Waals surface area (Å²) in [5.41, 5.74) is 0.709. The number of halogens is 3. The Hall–Kier alpha value is -1.30. The van der Waals surface area contributed by atoms with E-state index in [2.05, 4.69) is 4.74 Å². The van der Waals surface area contributed by atoms with Gasteiger partial charge in [-0.05, 0) is 11.6 Å². The highest BCUT2D eigenvalue weighted by molar-refractivity contribution is 5.80. The monoisotopic (exact) mass is 236 g/mol. The van der Waals surface area contributed by atoms with Crippen LogP contribution in [-0.4, -0.2) is 25.2 Å². The fraction of sp³-hybridized carbons (Fsp3) is 0.500. The van der Waals surface area contributed by atoms with Gasteiger partial charge in [-0.2, -0.15) is 13.2 Å². The van der Waals surface area contributed by atoms with E-state index in [1.807, 2.05) is 0 Å². The lowest BCUT2D eigenvalue weighted by Crippen LogP contribution is -2.18. The Morgan fingerprint density at radius 2 is 2.19 bits per heavy atom. The van der Waals surface area contributed by atoms with E-state index < -0.39 is 12.8 Å². The van der Waals surface area contributed by atoms with Crippen molar-refractivity contribution in [3.05, 3.63) is 24.2 Å². The number of ether oxygens (including phenoxy) is 1. The highest BCUT2D eigenvalue weighted by Crippen LogP contribution is 2.14. The molecular formula is C10H11F3O3. The van der Waals surface area contributed by atoms with Crippen LogP contribution in [0.15, 0.2) is 23.0 Å². The van der Waals surface area contributed by atoms with Gasteiger partial charge in [0.25, 0.3) is 0 Å². The van der Waals surface area contributed by atoms with Gasteiger partial charge in [-0.1, -0.05) is 0 Å². The molecule has 0 aliphatic rings. The minimum Gasteiger partial charge on any atom is -0.472 e. The normalized spacial score (nSPS) is 11.7. The van der Waals surface area contributed by atoms with E-state index in [4.69, 9.17) is 4.42 Å². The second-order valence-corrected chi connectivity index (χ2v) is 3.26. The summed E-state index contributed by atoms with van der Waals surface area (Å²) in [6.07, 6.45) is -1.35. The molecule has 1 aromatic rings. The summed E-state index contributed by atoms with van der Waals surface area (Å²) in [6.45, 7) is -1.53. The molecule has 0 amide bonds. The smallest absolute Gasteiger partial charge is 0.411 e. The predicted octanol–water partition coefficient (Wildman–Crippen LogP) is 2.36. The first kappa shape index (κ1) is 12.8. The van der Waals surface area contributed by atoms with E-state index >= 15 is 0 Å². The summed E-state index contributed by atoms with van der Waals surface area (Å²) < 4.78 is 44.1. The fourth-order valence-electron chi connectivity index (χ4n) is 1.08. The van der Waals surface area contributed by atoms with Gasteiger partial charge < -0.3 is 9.15 Å². The van der Waals surface area contributed by atoms with Crippen LogP contribution < -0.4 is 0 Å². The second-order valence-electron chi connectivity index (χ2n) is 3.26. The topological polar surface area (TPSA) is 39.4 Å². The maximum Gasteiger partial charge on any atom is 0.411 e. The standard InChI is InChI=1S/C10H11F3O3/c11-10(12,13)7-16-4-2-9(14)5-8-1-3-15-6-8/h1,3,6H,2,4-5,7H2. The average molecular weight is 236 g/mol. The summed E-state index contributed by atoms with van der Waals surface area (Å²) in [5, 5.41) is 0. The van der Waals surface area contributed by atoms with Crippen molar-refractivity contribution in [1.82, 2.24) is 0 Å². The van der Waals surface area contributed by atoms with E-state index in [9.17, 15) is 18.0 Å². The Labute approximate surface area is 90.2 Å². The lowest BCUT2D eigenvalue weighted by Gasteiger charge is -2.06.